The summed E-state index contributed by atoms with van der Waals surface area (Å²) in [4.78, 5) is 22.4. The number of hydrogen-bond acceptors (Lipinski definition) is 4. The fourth-order valence-electron chi connectivity index (χ4n) is 1.80. The Balaban J connectivity index is 1.62. The summed E-state index contributed by atoms with van der Waals surface area (Å²) in [7, 11) is 0. The first-order chi connectivity index (χ1) is 11.1. The summed E-state index contributed by atoms with van der Waals surface area (Å²) in [6, 6.07) is 6.92. The number of aromatic carboxylic acids is 1. The highest BCUT2D eigenvalue weighted by atomic mass is 19.1. The minimum atomic E-state index is -1.15. The molecule has 0 fully saturated rings. The van der Waals surface area contributed by atoms with Crippen molar-refractivity contribution in [3.8, 4) is 5.75 Å². The highest BCUT2D eigenvalue weighted by Gasteiger charge is 2.13. The minimum Gasteiger partial charge on any atom is -0.494 e. The van der Waals surface area contributed by atoms with Crippen molar-refractivity contribution in [2.45, 2.75) is 12.8 Å². The maximum atomic E-state index is 12.7. The zero-order chi connectivity index (χ0) is 16.7. The van der Waals surface area contributed by atoms with Gasteiger partial charge in [-0.1, -0.05) is 0 Å². The van der Waals surface area contributed by atoms with Gasteiger partial charge in [0, 0.05) is 12.6 Å². The summed E-state index contributed by atoms with van der Waals surface area (Å²) in [6.45, 7) is 0.861. The van der Waals surface area contributed by atoms with Gasteiger partial charge < -0.3 is 19.6 Å². The van der Waals surface area contributed by atoms with E-state index in [-0.39, 0.29) is 17.1 Å². The number of rotatable bonds is 8. The van der Waals surface area contributed by atoms with Gasteiger partial charge in [-0.25, -0.2) is 9.18 Å². The Morgan fingerprint density at radius 2 is 1.96 bits per heavy atom. The molecule has 2 N–H and O–H groups in total. The molecule has 0 radical (unpaired) electrons. The number of carboxylic acids is 1. The fraction of sp³-hybridized carbons (Fsp3) is 0.250. The number of carbonyl (C=O) groups excluding carboxylic acids is 1. The quantitative estimate of drug-likeness (QED) is 0.730. The lowest BCUT2D eigenvalue weighted by molar-refractivity contribution is 0.0695. The average molecular weight is 321 g/mol. The van der Waals surface area contributed by atoms with E-state index < -0.39 is 11.9 Å². The first-order valence-corrected chi connectivity index (χ1v) is 7.04. The van der Waals surface area contributed by atoms with E-state index in [1.807, 2.05) is 0 Å². The molecule has 1 aromatic heterocycles. The lowest BCUT2D eigenvalue weighted by Crippen LogP contribution is -2.24. The predicted molar refractivity (Wildman–Crippen MR) is 79.1 cm³/mol. The Kier molecular flexibility index (Phi) is 5.74. The number of unbranched alkanes of at least 4 members (excludes halogenated alkanes) is 1. The number of nitrogens with one attached hydrogen (secondary N) is 1. The highest BCUT2D eigenvalue weighted by molar-refractivity contribution is 5.95. The van der Waals surface area contributed by atoms with Crippen molar-refractivity contribution in [1.29, 1.82) is 0 Å². The summed E-state index contributed by atoms with van der Waals surface area (Å²) in [5, 5.41) is 11.4. The zero-order valence-electron chi connectivity index (χ0n) is 12.3. The first-order valence-electron chi connectivity index (χ1n) is 7.04. The molecule has 0 atom stereocenters. The molecular formula is C16H16FNO5. The van der Waals surface area contributed by atoms with E-state index in [1.54, 1.807) is 12.1 Å². The molecule has 7 heteroatoms. The van der Waals surface area contributed by atoms with Crippen molar-refractivity contribution in [3.05, 3.63) is 53.7 Å². The summed E-state index contributed by atoms with van der Waals surface area (Å²) in [5.74, 6) is -1.37. The standard InChI is InChI=1S/C16H16FNO5/c17-12-3-5-13(6-4-12)22-8-2-1-7-18-15(19)14-9-11(10-23-14)16(20)21/h3-6,9-10H,1-2,7-8H2,(H,18,19)(H,20,21). The van der Waals surface area contributed by atoms with E-state index in [9.17, 15) is 14.0 Å². The van der Waals surface area contributed by atoms with Crippen LogP contribution in [0.25, 0.3) is 0 Å². The van der Waals surface area contributed by atoms with E-state index in [0.29, 0.717) is 31.7 Å². The molecule has 2 aromatic rings. The van der Waals surface area contributed by atoms with Crippen LogP contribution in [-0.2, 0) is 0 Å². The van der Waals surface area contributed by atoms with Gasteiger partial charge >= 0.3 is 5.97 Å². The third-order valence-electron chi connectivity index (χ3n) is 3.01. The Bertz CT molecular complexity index is 665. The number of furan rings is 1. The van der Waals surface area contributed by atoms with Gasteiger partial charge in [0.05, 0.1) is 12.2 Å². The van der Waals surface area contributed by atoms with Crippen LogP contribution in [0.5, 0.6) is 5.75 Å². The molecule has 0 spiro atoms. The highest BCUT2D eigenvalue weighted by Crippen LogP contribution is 2.11. The number of ether oxygens (including phenoxy) is 1. The molecule has 0 aliphatic heterocycles. The second-order valence-corrected chi connectivity index (χ2v) is 4.77. The Hall–Kier alpha value is -2.83. The second kappa shape index (κ2) is 7.98. The van der Waals surface area contributed by atoms with Crippen molar-refractivity contribution < 1.29 is 28.2 Å². The van der Waals surface area contributed by atoms with Crippen molar-refractivity contribution in [2.24, 2.45) is 0 Å². The Morgan fingerprint density at radius 3 is 2.61 bits per heavy atom. The monoisotopic (exact) mass is 321 g/mol. The van der Waals surface area contributed by atoms with Crippen LogP contribution in [0.4, 0.5) is 4.39 Å². The number of halogens is 1. The van der Waals surface area contributed by atoms with Gasteiger partial charge in [0.2, 0.25) is 0 Å². The van der Waals surface area contributed by atoms with Crippen LogP contribution < -0.4 is 10.1 Å². The summed E-state index contributed by atoms with van der Waals surface area (Å²) < 4.78 is 23.0. The topological polar surface area (TPSA) is 88.8 Å². The van der Waals surface area contributed by atoms with Gasteiger partial charge in [-0.3, -0.25) is 4.79 Å². The molecule has 122 valence electrons. The fourth-order valence-corrected chi connectivity index (χ4v) is 1.80. The molecule has 0 aliphatic carbocycles. The van der Waals surface area contributed by atoms with Gasteiger partial charge in [0.1, 0.15) is 17.8 Å². The third kappa shape index (κ3) is 5.14. The molecule has 1 amide bonds. The summed E-state index contributed by atoms with van der Waals surface area (Å²) in [5.41, 5.74) is -0.0668. The molecule has 23 heavy (non-hydrogen) atoms. The van der Waals surface area contributed by atoms with Crippen molar-refractivity contribution in [2.75, 3.05) is 13.2 Å². The van der Waals surface area contributed by atoms with Gasteiger partial charge in [-0.05, 0) is 37.1 Å². The van der Waals surface area contributed by atoms with Crippen molar-refractivity contribution in [3.63, 3.8) is 0 Å². The van der Waals surface area contributed by atoms with E-state index in [4.69, 9.17) is 14.3 Å². The zero-order valence-corrected chi connectivity index (χ0v) is 12.3. The van der Waals surface area contributed by atoms with Gasteiger partial charge in [0.15, 0.2) is 5.76 Å². The lowest BCUT2D eigenvalue weighted by Gasteiger charge is -2.06. The van der Waals surface area contributed by atoms with Crippen LogP contribution in [0.2, 0.25) is 0 Å². The first kappa shape index (κ1) is 16.5. The molecule has 0 aliphatic rings. The van der Waals surface area contributed by atoms with Crippen molar-refractivity contribution in [1.82, 2.24) is 5.32 Å². The number of carbonyl (C=O) groups is 2. The van der Waals surface area contributed by atoms with Crippen LogP contribution in [0.1, 0.15) is 33.8 Å². The summed E-state index contributed by atoms with van der Waals surface area (Å²) >= 11 is 0. The Labute approximate surface area is 131 Å². The van der Waals surface area contributed by atoms with Crippen LogP contribution in [0, 0.1) is 5.82 Å². The molecule has 0 saturated heterocycles. The van der Waals surface area contributed by atoms with Gasteiger partial charge in [-0.15, -0.1) is 0 Å². The van der Waals surface area contributed by atoms with Crippen LogP contribution in [0.15, 0.2) is 41.0 Å². The summed E-state index contributed by atoms with van der Waals surface area (Å²) in [6.07, 6.45) is 2.41. The Morgan fingerprint density at radius 1 is 1.22 bits per heavy atom. The molecule has 1 heterocycles. The molecule has 0 unspecified atom stereocenters. The SMILES string of the molecule is O=C(O)c1coc(C(=O)NCCCCOc2ccc(F)cc2)c1. The number of amides is 1. The van der Waals surface area contributed by atoms with Crippen LogP contribution >= 0.6 is 0 Å². The third-order valence-corrected chi connectivity index (χ3v) is 3.01. The van der Waals surface area contributed by atoms with E-state index in [0.717, 1.165) is 6.26 Å². The molecule has 1 aromatic carbocycles. The molecular weight excluding hydrogens is 305 g/mol. The van der Waals surface area contributed by atoms with Crippen LogP contribution in [-0.4, -0.2) is 30.1 Å². The predicted octanol–water partition coefficient (Wildman–Crippen LogP) is 2.71. The number of benzene rings is 1. The van der Waals surface area contributed by atoms with Gasteiger partial charge in [0.25, 0.3) is 5.91 Å². The minimum absolute atomic E-state index is 0.0371. The smallest absolute Gasteiger partial charge is 0.338 e. The van der Waals surface area contributed by atoms with E-state index in [2.05, 4.69) is 5.32 Å². The lowest BCUT2D eigenvalue weighted by atomic mass is 10.3. The maximum absolute atomic E-state index is 12.7. The largest absolute Gasteiger partial charge is 0.494 e. The maximum Gasteiger partial charge on any atom is 0.338 e. The van der Waals surface area contributed by atoms with Crippen molar-refractivity contribution >= 4 is 11.9 Å². The molecule has 0 saturated carbocycles. The normalized spacial score (nSPS) is 10.3. The number of carboxylic acid groups (broad SMARTS) is 1. The van der Waals surface area contributed by atoms with Crippen LogP contribution in [0.3, 0.4) is 0 Å². The molecule has 0 bridgehead atoms. The molecule has 6 nitrogen and oxygen atoms in total. The average Bonchev–Trinajstić information content (AvgIpc) is 3.02. The van der Waals surface area contributed by atoms with E-state index >= 15 is 0 Å². The molecule has 2 rings (SSSR count). The number of hydrogen-bond donors (Lipinski definition) is 2. The second-order valence-electron chi connectivity index (χ2n) is 4.77. The van der Waals surface area contributed by atoms with E-state index in [1.165, 1.54) is 18.2 Å². The van der Waals surface area contributed by atoms with Gasteiger partial charge in [-0.2, -0.15) is 0 Å².